The van der Waals surface area contributed by atoms with Crippen molar-refractivity contribution < 1.29 is 9.15 Å². The van der Waals surface area contributed by atoms with E-state index in [2.05, 4.69) is 5.43 Å². The molecule has 2 rings (SSSR count). The molecule has 5 heteroatoms. The van der Waals surface area contributed by atoms with Gasteiger partial charge in [-0.1, -0.05) is 0 Å². The average Bonchev–Trinajstić information content (AvgIpc) is 2.91. The molecule has 2 atom stereocenters. The summed E-state index contributed by atoms with van der Waals surface area (Å²) in [5, 5.41) is 0.396. The largest absolute Gasteiger partial charge is 0.448 e. The standard InChI is InChI=1S/C11H17ClN2O2/c12-11-6-5-10(16-11)9(14-13)4-3-8-2-1-7-15-8/h5-6,8-9,14H,1-4,7,13H2. The quantitative estimate of drug-likeness (QED) is 0.617. The Balaban J connectivity index is 1.85. The van der Waals surface area contributed by atoms with Gasteiger partial charge in [-0.2, -0.15) is 0 Å². The lowest BCUT2D eigenvalue weighted by Crippen LogP contribution is -2.28. The van der Waals surface area contributed by atoms with Gasteiger partial charge >= 0.3 is 0 Å². The van der Waals surface area contributed by atoms with Crippen LogP contribution >= 0.6 is 11.6 Å². The Bertz CT molecular complexity index is 324. The number of hydrazine groups is 1. The molecule has 1 saturated heterocycles. The van der Waals surface area contributed by atoms with Crippen molar-refractivity contribution in [3.05, 3.63) is 23.1 Å². The molecule has 0 radical (unpaired) electrons. The highest BCUT2D eigenvalue weighted by Crippen LogP contribution is 2.26. The zero-order valence-electron chi connectivity index (χ0n) is 9.12. The van der Waals surface area contributed by atoms with Crippen molar-refractivity contribution in [2.24, 2.45) is 5.84 Å². The van der Waals surface area contributed by atoms with Crippen molar-refractivity contribution >= 4 is 11.6 Å². The lowest BCUT2D eigenvalue weighted by molar-refractivity contribution is 0.0988. The SMILES string of the molecule is NNC(CCC1CCCO1)c1ccc(Cl)o1. The average molecular weight is 245 g/mol. The van der Waals surface area contributed by atoms with Crippen molar-refractivity contribution in [3.63, 3.8) is 0 Å². The molecule has 3 N–H and O–H groups in total. The summed E-state index contributed by atoms with van der Waals surface area (Å²) in [5.41, 5.74) is 2.75. The normalized spacial score (nSPS) is 22.5. The van der Waals surface area contributed by atoms with E-state index in [4.69, 9.17) is 26.6 Å². The highest BCUT2D eigenvalue weighted by molar-refractivity contribution is 6.28. The van der Waals surface area contributed by atoms with E-state index in [1.165, 1.54) is 0 Å². The fourth-order valence-electron chi connectivity index (χ4n) is 2.05. The van der Waals surface area contributed by atoms with E-state index in [9.17, 15) is 0 Å². The van der Waals surface area contributed by atoms with E-state index in [1.807, 2.05) is 6.07 Å². The summed E-state index contributed by atoms with van der Waals surface area (Å²) in [6, 6.07) is 3.59. The van der Waals surface area contributed by atoms with Crippen LogP contribution in [-0.2, 0) is 4.74 Å². The number of furan rings is 1. The maximum Gasteiger partial charge on any atom is 0.193 e. The molecule has 90 valence electrons. The third-order valence-electron chi connectivity index (χ3n) is 2.94. The first-order chi connectivity index (χ1) is 7.79. The van der Waals surface area contributed by atoms with Crippen molar-refractivity contribution in [2.45, 2.75) is 37.8 Å². The van der Waals surface area contributed by atoms with Gasteiger partial charge in [0.1, 0.15) is 5.76 Å². The van der Waals surface area contributed by atoms with Gasteiger partial charge in [-0.15, -0.1) is 0 Å². The molecule has 1 aliphatic heterocycles. The maximum atomic E-state index is 5.73. The second-order valence-corrected chi connectivity index (χ2v) is 4.45. The Morgan fingerprint density at radius 1 is 1.56 bits per heavy atom. The summed E-state index contributed by atoms with van der Waals surface area (Å²) in [6.07, 6.45) is 4.58. The number of nitrogens with two attached hydrogens (primary N) is 1. The van der Waals surface area contributed by atoms with Crippen LogP contribution in [0.4, 0.5) is 0 Å². The van der Waals surface area contributed by atoms with Crippen LogP contribution in [-0.4, -0.2) is 12.7 Å². The van der Waals surface area contributed by atoms with Gasteiger partial charge in [0.15, 0.2) is 5.22 Å². The molecule has 0 spiro atoms. The number of rotatable bonds is 5. The van der Waals surface area contributed by atoms with E-state index < -0.39 is 0 Å². The van der Waals surface area contributed by atoms with E-state index in [0.29, 0.717) is 11.3 Å². The Morgan fingerprint density at radius 2 is 2.44 bits per heavy atom. The lowest BCUT2D eigenvalue weighted by Gasteiger charge is -2.15. The molecule has 4 nitrogen and oxygen atoms in total. The molecule has 0 saturated carbocycles. The first-order valence-electron chi connectivity index (χ1n) is 5.62. The number of halogens is 1. The Hall–Kier alpha value is -0.550. The first-order valence-corrected chi connectivity index (χ1v) is 6.00. The zero-order valence-corrected chi connectivity index (χ0v) is 9.87. The molecular formula is C11H17ClN2O2. The van der Waals surface area contributed by atoms with Crippen LogP contribution in [0.1, 0.15) is 37.5 Å². The van der Waals surface area contributed by atoms with E-state index in [0.717, 1.165) is 38.1 Å². The minimum atomic E-state index is 0.0108. The van der Waals surface area contributed by atoms with E-state index in [1.54, 1.807) is 6.07 Å². The third kappa shape index (κ3) is 2.98. The summed E-state index contributed by atoms with van der Waals surface area (Å²) in [5.74, 6) is 6.29. The van der Waals surface area contributed by atoms with Gasteiger partial charge in [0.25, 0.3) is 0 Å². The van der Waals surface area contributed by atoms with Gasteiger partial charge in [0.05, 0.1) is 12.1 Å². The van der Waals surface area contributed by atoms with Crippen LogP contribution in [0.2, 0.25) is 5.22 Å². The molecule has 2 unspecified atom stereocenters. The fourth-order valence-corrected chi connectivity index (χ4v) is 2.20. The molecule has 2 heterocycles. The molecule has 1 aliphatic rings. The Morgan fingerprint density at radius 3 is 3.00 bits per heavy atom. The van der Waals surface area contributed by atoms with Gasteiger partial charge in [-0.3, -0.25) is 5.84 Å². The van der Waals surface area contributed by atoms with Crippen molar-refractivity contribution in [1.82, 2.24) is 5.43 Å². The predicted octanol–water partition coefficient (Wildman–Crippen LogP) is 2.40. The van der Waals surface area contributed by atoms with Crippen molar-refractivity contribution in [1.29, 1.82) is 0 Å². The van der Waals surface area contributed by atoms with Crippen LogP contribution in [0, 0.1) is 0 Å². The van der Waals surface area contributed by atoms with Gasteiger partial charge in [0.2, 0.25) is 0 Å². The number of nitrogens with one attached hydrogen (secondary N) is 1. The van der Waals surface area contributed by atoms with Gasteiger partial charge in [-0.05, 0) is 49.4 Å². The topological polar surface area (TPSA) is 60.4 Å². The molecule has 0 aliphatic carbocycles. The fraction of sp³-hybridized carbons (Fsp3) is 0.636. The van der Waals surface area contributed by atoms with E-state index in [-0.39, 0.29) is 6.04 Å². The smallest absolute Gasteiger partial charge is 0.193 e. The maximum absolute atomic E-state index is 5.73. The summed E-state index contributed by atoms with van der Waals surface area (Å²) in [6.45, 7) is 0.887. The molecule has 0 amide bonds. The number of hydrogen-bond acceptors (Lipinski definition) is 4. The molecule has 0 aromatic carbocycles. The Kier molecular flexibility index (Phi) is 4.23. The van der Waals surface area contributed by atoms with Crippen LogP contribution in [0.3, 0.4) is 0 Å². The Labute approximate surface area is 100 Å². The lowest BCUT2D eigenvalue weighted by atomic mass is 10.0. The van der Waals surface area contributed by atoms with Crippen LogP contribution in [0.25, 0.3) is 0 Å². The third-order valence-corrected chi connectivity index (χ3v) is 3.14. The van der Waals surface area contributed by atoms with Gasteiger partial charge in [0, 0.05) is 6.61 Å². The van der Waals surface area contributed by atoms with Crippen LogP contribution in [0.5, 0.6) is 0 Å². The molecule has 1 aromatic heterocycles. The molecule has 0 bridgehead atoms. The van der Waals surface area contributed by atoms with Gasteiger partial charge in [-0.25, -0.2) is 5.43 Å². The summed E-state index contributed by atoms with van der Waals surface area (Å²) >= 11 is 5.73. The molecule has 1 fully saturated rings. The molecular weight excluding hydrogens is 228 g/mol. The van der Waals surface area contributed by atoms with Crippen LogP contribution < -0.4 is 11.3 Å². The monoisotopic (exact) mass is 244 g/mol. The summed E-state index contributed by atoms with van der Waals surface area (Å²) in [7, 11) is 0. The minimum Gasteiger partial charge on any atom is -0.448 e. The van der Waals surface area contributed by atoms with Crippen molar-refractivity contribution in [2.75, 3.05) is 6.61 Å². The minimum absolute atomic E-state index is 0.0108. The van der Waals surface area contributed by atoms with E-state index >= 15 is 0 Å². The molecule has 1 aromatic rings. The second-order valence-electron chi connectivity index (χ2n) is 4.07. The highest BCUT2D eigenvalue weighted by Gasteiger charge is 2.19. The molecule has 16 heavy (non-hydrogen) atoms. The second kappa shape index (κ2) is 5.68. The summed E-state index contributed by atoms with van der Waals surface area (Å²) < 4.78 is 10.9. The van der Waals surface area contributed by atoms with Crippen molar-refractivity contribution in [3.8, 4) is 0 Å². The summed E-state index contributed by atoms with van der Waals surface area (Å²) in [4.78, 5) is 0. The highest BCUT2D eigenvalue weighted by atomic mass is 35.5. The first kappa shape index (κ1) is 11.9. The van der Waals surface area contributed by atoms with Gasteiger partial charge < -0.3 is 9.15 Å². The van der Waals surface area contributed by atoms with Crippen LogP contribution in [0.15, 0.2) is 16.5 Å². The number of hydrogen-bond donors (Lipinski definition) is 2. The number of ether oxygens (including phenoxy) is 1. The zero-order chi connectivity index (χ0) is 11.4. The predicted molar refractivity (Wildman–Crippen MR) is 62.0 cm³/mol.